The maximum atomic E-state index is 9.69. The van der Waals surface area contributed by atoms with Crippen molar-refractivity contribution in [3.8, 4) is 34.5 Å². The summed E-state index contributed by atoms with van der Waals surface area (Å²) in [6.07, 6.45) is 2.84. The SMILES string of the molecule is COc1ccc(/C=C/c2c(O)c(O)c(O)c(O)c2O)cc1. The average Bonchev–Trinajstić information content (AvgIpc) is 2.51. The molecular weight excluding hydrogens is 276 g/mol. The molecule has 0 amide bonds. The van der Waals surface area contributed by atoms with Crippen LogP contribution >= 0.6 is 0 Å². The summed E-state index contributed by atoms with van der Waals surface area (Å²) in [6.45, 7) is 0. The first kappa shape index (κ1) is 14.4. The monoisotopic (exact) mass is 290 g/mol. The number of phenolic OH excluding ortho intramolecular Hbond substituents is 5. The summed E-state index contributed by atoms with van der Waals surface area (Å²) >= 11 is 0. The average molecular weight is 290 g/mol. The highest BCUT2D eigenvalue weighted by Gasteiger charge is 2.21. The van der Waals surface area contributed by atoms with Crippen molar-refractivity contribution >= 4 is 12.2 Å². The maximum absolute atomic E-state index is 9.69. The molecule has 0 atom stereocenters. The van der Waals surface area contributed by atoms with Gasteiger partial charge in [0, 0.05) is 0 Å². The third-order valence-corrected chi connectivity index (χ3v) is 2.97. The zero-order chi connectivity index (χ0) is 15.6. The first-order valence-electron chi connectivity index (χ1n) is 5.96. The van der Waals surface area contributed by atoms with E-state index < -0.39 is 28.7 Å². The lowest BCUT2D eigenvalue weighted by Crippen LogP contribution is -1.83. The molecule has 0 unspecified atom stereocenters. The fourth-order valence-corrected chi connectivity index (χ4v) is 1.76. The largest absolute Gasteiger partial charge is 0.504 e. The van der Waals surface area contributed by atoms with E-state index in [1.54, 1.807) is 37.5 Å². The first-order valence-corrected chi connectivity index (χ1v) is 5.96. The molecule has 2 aromatic carbocycles. The van der Waals surface area contributed by atoms with Crippen LogP contribution in [-0.2, 0) is 0 Å². The van der Waals surface area contributed by atoms with E-state index in [-0.39, 0.29) is 5.56 Å². The van der Waals surface area contributed by atoms with Crippen molar-refractivity contribution in [2.24, 2.45) is 0 Å². The molecule has 0 aliphatic carbocycles. The zero-order valence-electron chi connectivity index (χ0n) is 11.1. The molecule has 2 rings (SSSR count). The van der Waals surface area contributed by atoms with E-state index in [4.69, 9.17) is 4.74 Å². The van der Waals surface area contributed by atoms with Gasteiger partial charge in [0.15, 0.2) is 11.5 Å². The summed E-state index contributed by atoms with van der Waals surface area (Å²) in [5.74, 6) is -3.57. The van der Waals surface area contributed by atoms with Crippen LogP contribution in [0.2, 0.25) is 0 Å². The quantitative estimate of drug-likeness (QED) is 0.337. The van der Waals surface area contributed by atoms with Gasteiger partial charge in [0.1, 0.15) is 5.75 Å². The molecule has 0 saturated carbocycles. The normalized spacial score (nSPS) is 10.9. The Morgan fingerprint density at radius 2 is 1.19 bits per heavy atom. The number of phenols is 5. The molecule has 0 aliphatic rings. The highest BCUT2D eigenvalue weighted by atomic mass is 16.5. The molecule has 2 aromatic rings. The van der Waals surface area contributed by atoms with E-state index in [0.29, 0.717) is 5.75 Å². The standard InChI is InChI=1S/C15H14O6/c1-21-9-5-2-8(3-6-9)4-7-10-11(16)13(18)15(20)14(19)12(10)17/h2-7,16-20H,1H3/b7-4+. The van der Waals surface area contributed by atoms with Crippen molar-refractivity contribution < 1.29 is 30.3 Å². The molecule has 0 heterocycles. The molecule has 6 nitrogen and oxygen atoms in total. The minimum absolute atomic E-state index is 0.210. The van der Waals surface area contributed by atoms with Crippen LogP contribution in [0.1, 0.15) is 11.1 Å². The van der Waals surface area contributed by atoms with Crippen LogP contribution < -0.4 is 4.74 Å². The van der Waals surface area contributed by atoms with E-state index in [0.717, 1.165) is 5.56 Å². The lowest BCUT2D eigenvalue weighted by Gasteiger charge is -2.09. The van der Waals surface area contributed by atoms with Gasteiger partial charge < -0.3 is 30.3 Å². The number of aromatic hydroxyl groups is 5. The fourth-order valence-electron chi connectivity index (χ4n) is 1.76. The van der Waals surface area contributed by atoms with Crippen molar-refractivity contribution in [3.05, 3.63) is 35.4 Å². The Labute approximate surface area is 120 Å². The second kappa shape index (κ2) is 5.54. The molecule has 0 aliphatic heterocycles. The fraction of sp³-hybridized carbons (Fsp3) is 0.0667. The summed E-state index contributed by atoms with van der Waals surface area (Å²) in [6, 6.07) is 6.93. The Morgan fingerprint density at radius 3 is 1.67 bits per heavy atom. The summed E-state index contributed by atoms with van der Waals surface area (Å²) in [5.41, 5.74) is 0.528. The van der Waals surface area contributed by atoms with Gasteiger partial charge in [-0.25, -0.2) is 0 Å². The van der Waals surface area contributed by atoms with Gasteiger partial charge in [0.05, 0.1) is 12.7 Å². The third kappa shape index (κ3) is 2.64. The summed E-state index contributed by atoms with van der Waals surface area (Å²) in [7, 11) is 1.54. The molecule has 21 heavy (non-hydrogen) atoms. The second-order valence-electron chi connectivity index (χ2n) is 4.26. The number of methoxy groups -OCH3 is 1. The van der Waals surface area contributed by atoms with E-state index in [9.17, 15) is 25.5 Å². The zero-order valence-corrected chi connectivity index (χ0v) is 11.1. The summed E-state index contributed by atoms with van der Waals surface area (Å²) < 4.78 is 5.02. The predicted molar refractivity (Wildman–Crippen MR) is 76.7 cm³/mol. The Balaban J connectivity index is 2.41. The molecule has 0 saturated heterocycles. The third-order valence-electron chi connectivity index (χ3n) is 2.97. The summed E-state index contributed by atoms with van der Waals surface area (Å²) in [5, 5.41) is 47.5. The molecule has 0 fully saturated rings. The van der Waals surface area contributed by atoms with Crippen LogP contribution in [0, 0.1) is 0 Å². The predicted octanol–water partition coefficient (Wildman–Crippen LogP) is 2.39. The molecule has 5 N–H and O–H groups in total. The highest BCUT2D eigenvalue weighted by Crippen LogP contribution is 2.51. The van der Waals surface area contributed by atoms with Crippen molar-refractivity contribution in [2.75, 3.05) is 7.11 Å². The van der Waals surface area contributed by atoms with Crippen LogP contribution in [0.4, 0.5) is 0 Å². The Bertz CT molecular complexity index is 659. The van der Waals surface area contributed by atoms with Crippen LogP contribution in [-0.4, -0.2) is 32.6 Å². The lowest BCUT2D eigenvalue weighted by molar-refractivity contribution is 0.327. The highest BCUT2D eigenvalue weighted by molar-refractivity contribution is 5.81. The number of benzene rings is 2. The lowest BCUT2D eigenvalue weighted by atomic mass is 10.1. The van der Waals surface area contributed by atoms with Gasteiger partial charge in [-0.2, -0.15) is 0 Å². The topological polar surface area (TPSA) is 110 Å². The molecule has 110 valence electrons. The second-order valence-corrected chi connectivity index (χ2v) is 4.26. The van der Waals surface area contributed by atoms with Crippen molar-refractivity contribution in [3.63, 3.8) is 0 Å². The van der Waals surface area contributed by atoms with E-state index in [1.165, 1.54) is 6.08 Å². The van der Waals surface area contributed by atoms with Crippen LogP contribution in [0.3, 0.4) is 0 Å². The van der Waals surface area contributed by atoms with E-state index >= 15 is 0 Å². The van der Waals surface area contributed by atoms with Crippen LogP contribution in [0.5, 0.6) is 34.5 Å². The Morgan fingerprint density at radius 1 is 0.714 bits per heavy atom. The van der Waals surface area contributed by atoms with Crippen molar-refractivity contribution in [1.82, 2.24) is 0 Å². The Kier molecular flexibility index (Phi) is 3.80. The van der Waals surface area contributed by atoms with Crippen molar-refractivity contribution in [1.29, 1.82) is 0 Å². The number of hydrogen-bond donors (Lipinski definition) is 5. The van der Waals surface area contributed by atoms with Gasteiger partial charge in [-0.05, 0) is 23.8 Å². The van der Waals surface area contributed by atoms with Crippen LogP contribution in [0.15, 0.2) is 24.3 Å². The maximum Gasteiger partial charge on any atom is 0.208 e. The Hall–Kier alpha value is -3.02. The first-order chi connectivity index (χ1) is 9.95. The number of ether oxygens (including phenoxy) is 1. The van der Waals surface area contributed by atoms with E-state index in [2.05, 4.69) is 0 Å². The van der Waals surface area contributed by atoms with Gasteiger partial charge in [-0.3, -0.25) is 0 Å². The molecule has 6 heteroatoms. The number of rotatable bonds is 3. The van der Waals surface area contributed by atoms with Gasteiger partial charge in [0.2, 0.25) is 17.2 Å². The smallest absolute Gasteiger partial charge is 0.208 e. The van der Waals surface area contributed by atoms with Gasteiger partial charge >= 0.3 is 0 Å². The molecule has 0 radical (unpaired) electrons. The molecular formula is C15H14O6. The minimum atomic E-state index is -0.980. The van der Waals surface area contributed by atoms with E-state index in [1.807, 2.05) is 0 Å². The van der Waals surface area contributed by atoms with Crippen molar-refractivity contribution in [2.45, 2.75) is 0 Å². The molecule has 0 spiro atoms. The van der Waals surface area contributed by atoms with Gasteiger partial charge in [-0.1, -0.05) is 18.2 Å². The van der Waals surface area contributed by atoms with Crippen LogP contribution in [0.25, 0.3) is 12.2 Å². The molecule has 0 bridgehead atoms. The van der Waals surface area contributed by atoms with Gasteiger partial charge in [-0.15, -0.1) is 0 Å². The summed E-state index contributed by atoms with van der Waals surface area (Å²) in [4.78, 5) is 0. The molecule has 0 aromatic heterocycles. The minimum Gasteiger partial charge on any atom is -0.504 e. The van der Waals surface area contributed by atoms with Gasteiger partial charge in [0.25, 0.3) is 0 Å². The number of hydrogen-bond acceptors (Lipinski definition) is 6.